The number of carbonyl (C=O) groups is 2. The highest BCUT2D eigenvalue weighted by atomic mass is 16.8. The van der Waals surface area contributed by atoms with Crippen LogP contribution in [-0.2, 0) is 28.5 Å². The monoisotopic (exact) mass is 456 g/mol. The summed E-state index contributed by atoms with van der Waals surface area (Å²) in [6, 6.07) is 1.85. The van der Waals surface area contributed by atoms with Crippen LogP contribution in [0, 0.1) is 22.7 Å². The van der Waals surface area contributed by atoms with E-state index in [9.17, 15) is 14.7 Å². The molecule has 0 amide bonds. The standard InChI is InChI=1S/C25H28O8/c1-20(2)15(21(3)6-4-17(26)31-21)10-23(32-20)11-16-24-13-22(24,7-8-25(16,28)33-23)18(30-19(24)27)14-5-9-29-12-14/h4-6,9,12,15-16,18,28H,7-8,10-11,13H2,1-3H3. The number of ether oxygens (including phenoxy) is 4. The van der Waals surface area contributed by atoms with E-state index in [0.717, 1.165) is 5.56 Å². The van der Waals surface area contributed by atoms with Gasteiger partial charge in [-0.2, -0.15) is 0 Å². The molecule has 33 heavy (non-hydrogen) atoms. The van der Waals surface area contributed by atoms with Gasteiger partial charge in [0.05, 0.1) is 23.5 Å². The summed E-state index contributed by atoms with van der Waals surface area (Å²) >= 11 is 0. The predicted molar refractivity (Wildman–Crippen MR) is 110 cm³/mol. The van der Waals surface area contributed by atoms with Gasteiger partial charge in [-0.15, -0.1) is 0 Å². The van der Waals surface area contributed by atoms with Gasteiger partial charge in [0.15, 0.2) is 11.6 Å². The van der Waals surface area contributed by atoms with Crippen molar-refractivity contribution in [1.29, 1.82) is 0 Å². The molecular weight excluding hydrogens is 428 g/mol. The molecule has 4 aliphatic heterocycles. The summed E-state index contributed by atoms with van der Waals surface area (Å²) in [4.78, 5) is 25.2. The zero-order valence-electron chi connectivity index (χ0n) is 19.0. The topological polar surface area (TPSA) is 104 Å². The van der Waals surface area contributed by atoms with Gasteiger partial charge in [0.2, 0.25) is 0 Å². The molecule has 2 saturated carbocycles. The van der Waals surface area contributed by atoms with Crippen molar-refractivity contribution >= 4 is 11.9 Å². The summed E-state index contributed by atoms with van der Waals surface area (Å²) in [6.45, 7) is 5.81. The Morgan fingerprint density at radius 2 is 1.85 bits per heavy atom. The van der Waals surface area contributed by atoms with Gasteiger partial charge in [-0.25, -0.2) is 4.79 Å². The normalized spacial score (nSPS) is 53.0. The Morgan fingerprint density at radius 3 is 2.55 bits per heavy atom. The Hall–Kier alpha value is -2.16. The second-order valence-corrected chi connectivity index (χ2v) is 11.7. The maximum absolute atomic E-state index is 13.3. The van der Waals surface area contributed by atoms with Crippen molar-refractivity contribution in [3.05, 3.63) is 36.3 Å². The maximum Gasteiger partial charge on any atom is 0.331 e. The Labute approximate surface area is 191 Å². The Morgan fingerprint density at radius 1 is 1.06 bits per heavy atom. The SMILES string of the molecule is CC1(C)OC2(CC1C1(C)C=CC(=O)O1)CC1C(O)(CCC34CC13C(=O)OC4c1ccoc1)O2. The van der Waals surface area contributed by atoms with Crippen molar-refractivity contribution in [3.63, 3.8) is 0 Å². The first kappa shape index (κ1) is 20.2. The van der Waals surface area contributed by atoms with E-state index in [-0.39, 0.29) is 29.4 Å². The lowest BCUT2D eigenvalue weighted by Gasteiger charge is -2.39. The molecular formula is C25H28O8. The van der Waals surface area contributed by atoms with Crippen LogP contribution in [0.15, 0.2) is 35.2 Å². The van der Waals surface area contributed by atoms with Crippen molar-refractivity contribution in [2.45, 2.75) is 81.8 Å². The second-order valence-electron chi connectivity index (χ2n) is 11.7. The first-order valence-corrected chi connectivity index (χ1v) is 11.8. The summed E-state index contributed by atoms with van der Waals surface area (Å²) in [6.07, 6.45) is 8.67. The van der Waals surface area contributed by atoms with Crippen molar-refractivity contribution in [1.82, 2.24) is 0 Å². The third-order valence-corrected chi connectivity index (χ3v) is 9.61. The van der Waals surface area contributed by atoms with Gasteiger partial charge >= 0.3 is 11.9 Å². The van der Waals surface area contributed by atoms with Gasteiger partial charge in [0.25, 0.3) is 0 Å². The highest BCUT2D eigenvalue weighted by Crippen LogP contribution is 2.85. The number of aliphatic hydroxyl groups is 1. The first-order chi connectivity index (χ1) is 15.5. The molecule has 3 saturated heterocycles. The quantitative estimate of drug-likeness (QED) is 0.677. The van der Waals surface area contributed by atoms with Crippen molar-refractivity contribution in [3.8, 4) is 0 Å². The molecule has 8 nitrogen and oxygen atoms in total. The minimum absolute atomic E-state index is 0.174. The van der Waals surface area contributed by atoms with Crippen LogP contribution in [-0.4, -0.2) is 39.8 Å². The lowest BCUT2D eigenvalue weighted by Crippen LogP contribution is -2.47. The minimum atomic E-state index is -1.46. The smallest absolute Gasteiger partial charge is 0.331 e. The molecule has 8 unspecified atom stereocenters. The van der Waals surface area contributed by atoms with E-state index in [0.29, 0.717) is 32.1 Å². The van der Waals surface area contributed by atoms with Gasteiger partial charge in [-0.05, 0) is 45.8 Å². The fourth-order valence-corrected chi connectivity index (χ4v) is 8.27. The highest BCUT2D eigenvalue weighted by molar-refractivity contribution is 5.87. The number of carbonyl (C=O) groups excluding carboxylic acids is 2. The number of hydrogen-bond acceptors (Lipinski definition) is 8. The van der Waals surface area contributed by atoms with Crippen LogP contribution >= 0.6 is 0 Å². The fourth-order valence-electron chi connectivity index (χ4n) is 8.27. The summed E-state index contributed by atoms with van der Waals surface area (Å²) in [5, 5.41) is 11.7. The molecule has 0 aromatic carbocycles. The average molecular weight is 456 g/mol. The summed E-state index contributed by atoms with van der Waals surface area (Å²) in [5.74, 6) is -3.74. The maximum atomic E-state index is 13.3. The molecule has 8 atom stereocenters. The fraction of sp³-hybridized carbons (Fsp3) is 0.680. The van der Waals surface area contributed by atoms with E-state index in [1.54, 1.807) is 18.6 Å². The van der Waals surface area contributed by atoms with E-state index in [1.165, 1.54) is 6.08 Å². The van der Waals surface area contributed by atoms with Crippen molar-refractivity contribution in [2.75, 3.05) is 0 Å². The molecule has 7 rings (SSSR count). The van der Waals surface area contributed by atoms with Crippen LogP contribution in [0.4, 0.5) is 0 Å². The van der Waals surface area contributed by atoms with E-state index in [1.807, 2.05) is 26.8 Å². The average Bonchev–Trinajstić information content (AvgIpc) is 3.22. The third-order valence-electron chi connectivity index (χ3n) is 9.61. The zero-order valence-corrected chi connectivity index (χ0v) is 19.0. The number of rotatable bonds is 2. The van der Waals surface area contributed by atoms with Crippen molar-refractivity contribution < 1.29 is 38.1 Å². The molecule has 0 bridgehead atoms. The molecule has 1 spiro atoms. The van der Waals surface area contributed by atoms with Gasteiger partial charge in [0, 0.05) is 48.2 Å². The highest BCUT2D eigenvalue weighted by Gasteiger charge is 2.89. The summed E-state index contributed by atoms with van der Waals surface area (Å²) in [7, 11) is 0. The molecule has 2 aliphatic carbocycles. The lowest BCUT2D eigenvalue weighted by atomic mass is 9.66. The van der Waals surface area contributed by atoms with Crippen molar-refractivity contribution in [2.24, 2.45) is 22.7 Å². The Bertz CT molecular complexity index is 1110. The number of furan rings is 1. The Balaban J connectivity index is 1.23. The van der Waals surface area contributed by atoms with Gasteiger partial charge in [-0.3, -0.25) is 4.79 Å². The molecule has 5 heterocycles. The Kier molecular flexibility index (Phi) is 3.41. The molecule has 1 aromatic heterocycles. The number of cyclic esters (lactones) is 2. The molecule has 1 aromatic rings. The van der Waals surface area contributed by atoms with Gasteiger partial charge < -0.3 is 28.5 Å². The van der Waals surface area contributed by atoms with Crippen LogP contribution in [0.2, 0.25) is 0 Å². The van der Waals surface area contributed by atoms with Crippen LogP contribution in [0.1, 0.15) is 64.5 Å². The molecule has 6 aliphatic rings. The van der Waals surface area contributed by atoms with E-state index < -0.39 is 34.1 Å². The molecule has 176 valence electrons. The van der Waals surface area contributed by atoms with Crippen LogP contribution in [0.5, 0.6) is 0 Å². The second kappa shape index (κ2) is 5.56. The summed E-state index contributed by atoms with van der Waals surface area (Å²) in [5.41, 5.74) is -1.74. The number of hydrogen-bond donors (Lipinski definition) is 1. The first-order valence-electron chi connectivity index (χ1n) is 11.8. The molecule has 0 radical (unpaired) electrons. The largest absolute Gasteiger partial charge is 0.472 e. The zero-order chi connectivity index (χ0) is 23.1. The molecule has 8 heteroatoms. The number of esters is 2. The van der Waals surface area contributed by atoms with Crippen LogP contribution in [0.3, 0.4) is 0 Å². The minimum Gasteiger partial charge on any atom is -0.472 e. The lowest BCUT2D eigenvalue weighted by molar-refractivity contribution is -0.322. The number of fused-ring (bicyclic) bond motifs is 1. The van der Waals surface area contributed by atoms with Gasteiger partial charge in [-0.1, -0.05) is 0 Å². The van der Waals surface area contributed by atoms with E-state index in [2.05, 4.69) is 0 Å². The van der Waals surface area contributed by atoms with Gasteiger partial charge in [0.1, 0.15) is 11.7 Å². The predicted octanol–water partition coefficient (Wildman–Crippen LogP) is 3.16. The van der Waals surface area contributed by atoms with E-state index >= 15 is 0 Å². The van der Waals surface area contributed by atoms with E-state index in [4.69, 9.17) is 23.4 Å². The molecule has 1 N–H and O–H groups in total. The summed E-state index contributed by atoms with van der Waals surface area (Å²) < 4.78 is 29.8. The van der Waals surface area contributed by atoms with Crippen LogP contribution < -0.4 is 0 Å². The van der Waals surface area contributed by atoms with Crippen LogP contribution in [0.25, 0.3) is 0 Å². The molecule has 5 fully saturated rings. The third kappa shape index (κ3) is 2.23.